The number of urea groups is 1. The zero-order chi connectivity index (χ0) is 14.8. The molecule has 1 fully saturated rings. The molecule has 0 saturated carbocycles. The van der Waals surface area contributed by atoms with Crippen LogP contribution in [0.2, 0.25) is 5.02 Å². The van der Waals surface area contributed by atoms with Gasteiger partial charge in [0.05, 0.1) is 6.26 Å². The highest BCUT2D eigenvalue weighted by atomic mass is 35.5. The van der Waals surface area contributed by atoms with Gasteiger partial charge in [-0.2, -0.15) is 0 Å². The van der Waals surface area contributed by atoms with Crippen LogP contribution in [0.4, 0.5) is 10.5 Å². The molecule has 1 unspecified atom stereocenters. The van der Waals surface area contributed by atoms with Gasteiger partial charge in [0.25, 0.3) is 0 Å². The molecule has 0 radical (unpaired) electrons. The second-order valence-corrected chi connectivity index (χ2v) is 7.13. The van der Waals surface area contributed by atoms with Gasteiger partial charge in [0.1, 0.15) is 0 Å². The zero-order valence-corrected chi connectivity index (χ0v) is 12.5. The second kappa shape index (κ2) is 5.99. The highest BCUT2D eigenvalue weighted by molar-refractivity contribution is 7.88. The van der Waals surface area contributed by atoms with Crippen molar-refractivity contribution < 1.29 is 13.2 Å². The number of hydrogen-bond acceptors (Lipinski definition) is 3. The van der Waals surface area contributed by atoms with Crippen molar-refractivity contribution in [3.05, 3.63) is 29.3 Å². The Kier molecular flexibility index (Phi) is 4.52. The minimum absolute atomic E-state index is 0.169. The molecule has 1 heterocycles. The first kappa shape index (κ1) is 15.1. The average molecular weight is 318 g/mol. The summed E-state index contributed by atoms with van der Waals surface area (Å²) in [4.78, 5) is 11.8. The van der Waals surface area contributed by atoms with Crippen molar-refractivity contribution >= 4 is 33.3 Å². The molecule has 0 aliphatic carbocycles. The number of carbonyl (C=O) groups is 1. The Morgan fingerprint density at radius 3 is 2.55 bits per heavy atom. The Hall–Kier alpha value is -1.31. The Morgan fingerprint density at radius 1 is 1.35 bits per heavy atom. The van der Waals surface area contributed by atoms with E-state index in [-0.39, 0.29) is 12.1 Å². The minimum atomic E-state index is -3.19. The molecule has 2 N–H and O–H groups in total. The fourth-order valence-corrected chi connectivity index (χ4v) is 3.05. The van der Waals surface area contributed by atoms with Crippen molar-refractivity contribution in [1.29, 1.82) is 0 Å². The van der Waals surface area contributed by atoms with Gasteiger partial charge in [0, 0.05) is 29.8 Å². The first-order valence-electron chi connectivity index (χ1n) is 6.13. The molecular formula is C12H16ClN3O3S. The van der Waals surface area contributed by atoms with Crippen molar-refractivity contribution in [3.63, 3.8) is 0 Å². The van der Waals surface area contributed by atoms with Crippen molar-refractivity contribution in [3.8, 4) is 0 Å². The van der Waals surface area contributed by atoms with E-state index in [9.17, 15) is 13.2 Å². The summed E-state index contributed by atoms with van der Waals surface area (Å²) in [6.07, 6.45) is 1.78. The summed E-state index contributed by atoms with van der Waals surface area (Å²) in [5, 5.41) is 6.02. The van der Waals surface area contributed by atoms with E-state index in [2.05, 4.69) is 10.6 Å². The van der Waals surface area contributed by atoms with E-state index in [0.717, 1.165) is 0 Å². The highest BCUT2D eigenvalue weighted by Crippen LogP contribution is 2.15. The van der Waals surface area contributed by atoms with Gasteiger partial charge >= 0.3 is 6.03 Å². The summed E-state index contributed by atoms with van der Waals surface area (Å²) in [6, 6.07) is 6.22. The number of halogens is 1. The molecule has 0 bridgehead atoms. The van der Waals surface area contributed by atoms with E-state index in [1.54, 1.807) is 24.3 Å². The molecule has 1 atom stereocenters. The molecule has 1 aliphatic rings. The molecule has 6 nitrogen and oxygen atoms in total. The third kappa shape index (κ3) is 4.09. The van der Waals surface area contributed by atoms with Gasteiger partial charge in [-0.3, -0.25) is 0 Å². The number of rotatable bonds is 3. The number of benzene rings is 1. The summed E-state index contributed by atoms with van der Waals surface area (Å²) in [5.74, 6) is 0. The molecule has 8 heteroatoms. The standard InChI is InChI=1S/C12H16ClN3O3S/c1-20(18,19)16-7-6-11(8-16)15-12(17)14-10-4-2-9(13)3-5-10/h2-5,11H,6-8H2,1H3,(H2,14,15,17). The minimum Gasteiger partial charge on any atom is -0.334 e. The molecule has 1 saturated heterocycles. The van der Waals surface area contributed by atoms with Gasteiger partial charge in [0.2, 0.25) is 10.0 Å². The number of amides is 2. The van der Waals surface area contributed by atoms with Crippen LogP contribution in [0.25, 0.3) is 0 Å². The Balaban J connectivity index is 1.85. The molecule has 1 aromatic carbocycles. The van der Waals surface area contributed by atoms with Crippen molar-refractivity contribution in [2.75, 3.05) is 24.7 Å². The van der Waals surface area contributed by atoms with E-state index in [1.807, 2.05) is 0 Å². The predicted octanol–water partition coefficient (Wildman–Crippen LogP) is 1.50. The molecule has 1 aliphatic heterocycles. The van der Waals surface area contributed by atoms with Crippen LogP contribution >= 0.6 is 11.6 Å². The van der Waals surface area contributed by atoms with Crippen LogP contribution in [-0.4, -0.2) is 44.1 Å². The van der Waals surface area contributed by atoms with Crippen LogP contribution in [0.1, 0.15) is 6.42 Å². The largest absolute Gasteiger partial charge is 0.334 e. The lowest BCUT2D eigenvalue weighted by Gasteiger charge is -2.15. The van der Waals surface area contributed by atoms with Crippen LogP contribution in [0.15, 0.2) is 24.3 Å². The smallest absolute Gasteiger partial charge is 0.319 e. The summed E-state index contributed by atoms with van der Waals surface area (Å²) >= 11 is 5.75. The van der Waals surface area contributed by atoms with Gasteiger partial charge in [-0.05, 0) is 30.7 Å². The number of sulfonamides is 1. The molecule has 2 rings (SSSR count). The Labute approximate surface area is 123 Å². The first-order valence-corrected chi connectivity index (χ1v) is 8.35. The molecule has 1 aromatic rings. The second-order valence-electron chi connectivity index (χ2n) is 4.71. The Morgan fingerprint density at radius 2 is 2.00 bits per heavy atom. The van der Waals surface area contributed by atoms with Gasteiger partial charge in [-0.15, -0.1) is 0 Å². The van der Waals surface area contributed by atoms with Crippen LogP contribution in [0, 0.1) is 0 Å². The van der Waals surface area contributed by atoms with E-state index in [1.165, 1.54) is 10.6 Å². The van der Waals surface area contributed by atoms with Crippen LogP contribution < -0.4 is 10.6 Å². The number of nitrogens with one attached hydrogen (secondary N) is 2. The van der Waals surface area contributed by atoms with Gasteiger partial charge in [0.15, 0.2) is 0 Å². The van der Waals surface area contributed by atoms with E-state index in [0.29, 0.717) is 30.2 Å². The fourth-order valence-electron chi connectivity index (χ4n) is 2.03. The summed E-state index contributed by atoms with van der Waals surface area (Å²) in [6.45, 7) is 0.748. The SMILES string of the molecule is CS(=O)(=O)N1CCC(NC(=O)Nc2ccc(Cl)cc2)C1. The molecule has 0 aromatic heterocycles. The van der Waals surface area contributed by atoms with Crippen LogP contribution in [-0.2, 0) is 10.0 Å². The molecule has 2 amide bonds. The maximum atomic E-state index is 11.8. The lowest BCUT2D eigenvalue weighted by atomic mass is 10.3. The average Bonchev–Trinajstić information content (AvgIpc) is 2.80. The van der Waals surface area contributed by atoms with E-state index >= 15 is 0 Å². The third-order valence-corrected chi connectivity index (χ3v) is 4.58. The van der Waals surface area contributed by atoms with Crippen molar-refractivity contribution in [1.82, 2.24) is 9.62 Å². The highest BCUT2D eigenvalue weighted by Gasteiger charge is 2.29. The van der Waals surface area contributed by atoms with Gasteiger partial charge < -0.3 is 10.6 Å². The predicted molar refractivity (Wildman–Crippen MR) is 78.4 cm³/mol. The van der Waals surface area contributed by atoms with Crippen molar-refractivity contribution in [2.24, 2.45) is 0 Å². The van der Waals surface area contributed by atoms with E-state index in [4.69, 9.17) is 11.6 Å². The number of hydrogen-bond donors (Lipinski definition) is 2. The lowest BCUT2D eigenvalue weighted by Crippen LogP contribution is -2.40. The van der Waals surface area contributed by atoms with Crippen LogP contribution in [0.5, 0.6) is 0 Å². The summed E-state index contributed by atoms with van der Waals surface area (Å²) < 4.78 is 24.1. The molecule has 20 heavy (non-hydrogen) atoms. The lowest BCUT2D eigenvalue weighted by molar-refractivity contribution is 0.249. The third-order valence-electron chi connectivity index (χ3n) is 3.06. The summed E-state index contributed by atoms with van der Waals surface area (Å²) in [5.41, 5.74) is 0.630. The monoisotopic (exact) mass is 317 g/mol. The quantitative estimate of drug-likeness (QED) is 0.886. The first-order chi connectivity index (χ1) is 9.34. The topological polar surface area (TPSA) is 78.5 Å². The van der Waals surface area contributed by atoms with E-state index < -0.39 is 10.0 Å². The molecule has 0 spiro atoms. The van der Waals surface area contributed by atoms with Gasteiger partial charge in [-0.1, -0.05) is 11.6 Å². The van der Waals surface area contributed by atoms with Gasteiger partial charge in [-0.25, -0.2) is 17.5 Å². The van der Waals surface area contributed by atoms with Crippen molar-refractivity contribution in [2.45, 2.75) is 12.5 Å². The number of nitrogens with zero attached hydrogens (tertiary/aromatic N) is 1. The van der Waals surface area contributed by atoms with Crippen LogP contribution in [0.3, 0.4) is 0 Å². The normalized spacial score (nSPS) is 19.8. The number of anilines is 1. The number of carbonyl (C=O) groups excluding carboxylic acids is 1. The summed E-state index contributed by atoms with van der Waals surface area (Å²) in [7, 11) is -3.19. The Bertz CT molecular complexity index is 588. The maximum absolute atomic E-state index is 11.8. The fraction of sp³-hybridized carbons (Fsp3) is 0.417. The zero-order valence-electron chi connectivity index (χ0n) is 11.0. The molecular weight excluding hydrogens is 302 g/mol. The molecule has 110 valence electrons. The maximum Gasteiger partial charge on any atom is 0.319 e.